The van der Waals surface area contributed by atoms with Gasteiger partial charge in [-0.05, 0) is 28.1 Å². The van der Waals surface area contributed by atoms with Crippen LogP contribution in [0.2, 0.25) is 0 Å². The van der Waals surface area contributed by atoms with Gasteiger partial charge in [-0.15, -0.1) is 0 Å². The zero-order chi connectivity index (χ0) is 9.14. The van der Waals surface area contributed by atoms with E-state index in [1.807, 2.05) is 6.07 Å². The van der Waals surface area contributed by atoms with Crippen LogP contribution in [0.3, 0.4) is 0 Å². The Morgan fingerprint density at radius 2 is 2.08 bits per heavy atom. The van der Waals surface area contributed by atoms with Crippen molar-refractivity contribution in [3.05, 3.63) is 26.6 Å². The van der Waals surface area contributed by atoms with E-state index in [-0.39, 0.29) is 0 Å². The molecule has 1 aromatic rings. The van der Waals surface area contributed by atoms with E-state index in [2.05, 4.69) is 43.2 Å². The monoisotopic (exact) mass is 288 g/mol. The molecule has 1 rings (SSSR count). The van der Waals surface area contributed by atoms with Crippen molar-refractivity contribution in [2.75, 3.05) is 12.4 Å². The van der Waals surface area contributed by atoms with Crippen molar-refractivity contribution >= 4 is 37.5 Å². The van der Waals surface area contributed by atoms with Gasteiger partial charge in [0.05, 0.1) is 11.3 Å². The zero-order valence-corrected chi connectivity index (χ0v) is 9.53. The van der Waals surface area contributed by atoms with Crippen LogP contribution >= 0.6 is 31.9 Å². The molecule has 0 fully saturated rings. The molecule has 0 unspecified atom stereocenters. The maximum absolute atomic E-state index is 8.77. The van der Waals surface area contributed by atoms with Crippen molar-refractivity contribution in [2.24, 2.45) is 0 Å². The molecule has 0 spiro atoms. The maximum atomic E-state index is 8.77. The smallest absolute Gasteiger partial charge is 0.101 e. The lowest BCUT2D eigenvalue weighted by molar-refractivity contribution is 1.41. The molecule has 0 atom stereocenters. The number of nitrogens with zero attached hydrogens (tertiary/aromatic N) is 1. The van der Waals surface area contributed by atoms with Crippen LogP contribution < -0.4 is 5.32 Å². The summed E-state index contributed by atoms with van der Waals surface area (Å²) in [7, 11) is 1.79. The van der Waals surface area contributed by atoms with Crippen molar-refractivity contribution in [2.45, 2.75) is 0 Å². The van der Waals surface area contributed by atoms with Gasteiger partial charge < -0.3 is 5.32 Å². The average Bonchev–Trinajstić information content (AvgIpc) is 2.03. The normalized spacial score (nSPS) is 9.17. The van der Waals surface area contributed by atoms with Crippen LogP contribution in [0.4, 0.5) is 5.69 Å². The van der Waals surface area contributed by atoms with Crippen molar-refractivity contribution in [3.8, 4) is 6.07 Å². The predicted molar refractivity (Wildman–Crippen MR) is 56.1 cm³/mol. The van der Waals surface area contributed by atoms with E-state index in [4.69, 9.17) is 5.26 Å². The lowest BCUT2D eigenvalue weighted by Crippen LogP contribution is -1.93. The van der Waals surface area contributed by atoms with Gasteiger partial charge in [0.1, 0.15) is 6.07 Å². The number of hydrogen-bond donors (Lipinski definition) is 1. The molecule has 0 aliphatic carbocycles. The Labute approximate surface area is 87.8 Å². The highest BCUT2D eigenvalue weighted by Gasteiger charge is 2.05. The summed E-state index contributed by atoms with van der Waals surface area (Å²) < 4.78 is 1.78. The van der Waals surface area contributed by atoms with Crippen molar-refractivity contribution in [3.63, 3.8) is 0 Å². The molecule has 0 aromatic heterocycles. The third-order valence-corrected chi connectivity index (χ3v) is 2.51. The minimum absolute atomic E-state index is 0.624. The molecule has 0 radical (unpaired) electrons. The van der Waals surface area contributed by atoms with Gasteiger partial charge >= 0.3 is 0 Å². The van der Waals surface area contributed by atoms with Crippen molar-refractivity contribution in [1.82, 2.24) is 0 Å². The van der Waals surface area contributed by atoms with Crippen LogP contribution in [0.1, 0.15) is 5.56 Å². The molecule has 2 nitrogen and oxygen atoms in total. The second-order valence-corrected chi connectivity index (χ2v) is 3.94. The van der Waals surface area contributed by atoms with Crippen LogP contribution in [0, 0.1) is 11.3 Å². The molecule has 0 amide bonds. The van der Waals surface area contributed by atoms with E-state index in [0.717, 1.165) is 14.6 Å². The van der Waals surface area contributed by atoms with Gasteiger partial charge in [0, 0.05) is 16.0 Å². The van der Waals surface area contributed by atoms with Gasteiger partial charge in [-0.3, -0.25) is 0 Å². The Morgan fingerprint density at radius 3 is 2.58 bits per heavy atom. The van der Waals surface area contributed by atoms with Gasteiger partial charge in [0.15, 0.2) is 0 Å². The van der Waals surface area contributed by atoms with E-state index < -0.39 is 0 Å². The highest BCUT2D eigenvalue weighted by molar-refractivity contribution is 9.11. The highest BCUT2D eigenvalue weighted by atomic mass is 79.9. The maximum Gasteiger partial charge on any atom is 0.101 e. The molecule has 1 N–H and O–H groups in total. The van der Waals surface area contributed by atoms with Gasteiger partial charge in [-0.1, -0.05) is 15.9 Å². The molecule has 12 heavy (non-hydrogen) atoms. The van der Waals surface area contributed by atoms with E-state index in [1.54, 1.807) is 13.1 Å². The second-order valence-electron chi connectivity index (χ2n) is 2.17. The largest absolute Gasteiger partial charge is 0.386 e. The first kappa shape index (κ1) is 9.56. The fraction of sp³-hybridized carbons (Fsp3) is 0.125. The fourth-order valence-electron chi connectivity index (χ4n) is 0.916. The standard InChI is InChI=1S/C8H6Br2N2/c1-12-8-5(4-11)2-6(9)3-7(8)10/h2-3,12H,1H3. The highest BCUT2D eigenvalue weighted by Crippen LogP contribution is 2.29. The number of halogens is 2. The van der Waals surface area contributed by atoms with Crippen LogP contribution in [0.25, 0.3) is 0 Å². The summed E-state index contributed by atoms with van der Waals surface area (Å²) in [5, 5.41) is 11.7. The fourth-order valence-corrected chi connectivity index (χ4v) is 2.34. The van der Waals surface area contributed by atoms with Gasteiger partial charge in [-0.25, -0.2) is 0 Å². The third-order valence-electron chi connectivity index (χ3n) is 1.43. The molecule has 0 saturated carbocycles. The summed E-state index contributed by atoms with van der Waals surface area (Å²) in [6, 6.07) is 5.78. The van der Waals surface area contributed by atoms with E-state index in [1.165, 1.54) is 0 Å². The Balaban J connectivity index is 3.36. The Hall–Kier alpha value is -0.530. The van der Waals surface area contributed by atoms with Crippen molar-refractivity contribution < 1.29 is 0 Å². The summed E-state index contributed by atoms with van der Waals surface area (Å²) in [5.41, 5.74) is 1.44. The molecular formula is C8H6Br2N2. The number of benzene rings is 1. The lowest BCUT2D eigenvalue weighted by atomic mass is 10.2. The van der Waals surface area contributed by atoms with Crippen LogP contribution in [0.15, 0.2) is 21.1 Å². The molecule has 0 saturated heterocycles. The molecular weight excluding hydrogens is 284 g/mol. The number of hydrogen-bond acceptors (Lipinski definition) is 2. The molecule has 0 aliphatic heterocycles. The first-order chi connectivity index (χ1) is 5.69. The summed E-state index contributed by atoms with van der Waals surface area (Å²) in [4.78, 5) is 0. The number of nitrogens with one attached hydrogen (secondary N) is 1. The number of rotatable bonds is 1. The van der Waals surface area contributed by atoms with Gasteiger partial charge in [0.25, 0.3) is 0 Å². The Bertz CT molecular complexity index is 342. The number of anilines is 1. The van der Waals surface area contributed by atoms with E-state index in [9.17, 15) is 0 Å². The third kappa shape index (κ3) is 1.79. The molecule has 0 heterocycles. The molecule has 1 aromatic carbocycles. The average molecular weight is 290 g/mol. The number of nitriles is 1. The SMILES string of the molecule is CNc1c(Br)cc(Br)cc1C#N. The first-order valence-electron chi connectivity index (χ1n) is 3.26. The van der Waals surface area contributed by atoms with E-state index in [0.29, 0.717) is 5.56 Å². The van der Waals surface area contributed by atoms with Crippen LogP contribution in [-0.2, 0) is 0 Å². The summed E-state index contributed by atoms with van der Waals surface area (Å²) in [6.07, 6.45) is 0. The lowest BCUT2D eigenvalue weighted by Gasteiger charge is -2.05. The minimum Gasteiger partial charge on any atom is -0.386 e. The van der Waals surface area contributed by atoms with Gasteiger partial charge in [-0.2, -0.15) is 5.26 Å². The summed E-state index contributed by atoms with van der Waals surface area (Å²) in [6.45, 7) is 0. The first-order valence-corrected chi connectivity index (χ1v) is 4.84. The van der Waals surface area contributed by atoms with Crippen LogP contribution in [0.5, 0.6) is 0 Å². The quantitative estimate of drug-likeness (QED) is 0.862. The molecule has 4 heteroatoms. The minimum atomic E-state index is 0.624. The van der Waals surface area contributed by atoms with E-state index >= 15 is 0 Å². The molecule has 0 aliphatic rings. The predicted octanol–water partition coefficient (Wildman–Crippen LogP) is 3.12. The van der Waals surface area contributed by atoms with Crippen LogP contribution in [-0.4, -0.2) is 7.05 Å². The summed E-state index contributed by atoms with van der Waals surface area (Å²) >= 11 is 6.66. The van der Waals surface area contributed by atoms with Gasteiger partial charge in [0.2, 0.25) is 0 Å². The zero-order valence-electron chi connectivity index (χ0n) is 6.36. The van der Waals surface area contributed by atoms with Crippen molar-refractivity contribution in [1.29, 1.82) is 5.26 Å². The Kier molecular flexibility index (Phi) is 3.12. The summed E-state index contributed by atoms with van der Waals surface area (Å²) in [5.74, 6) is 0. The topological polar surface area (TPSA) is 35.8 Å². The second kappa shape index (κ2) is 3.92. The Morgan fingerprint density at radius 1 is 1.42 bits per heavy atom. The molecule has 0 bridgehead atoms. The molecule has 62 valence electrons.